The molecule has 0 fully saturated rings. The van der Waals surface area contributed by atoms with Gasteiger partial charge in [-0.3, -0.25) is 0 Å². The molecule has 1 aromatic carbocycles. The van der Waals surface area contributed by atoms with Crippen LogP contribution in [0.15, 0.2) is 24.3 Å². The molecule has 16 heavy (non-hydrogen) atoms. The maximum absolute atomic E-state index is 10.9. The average molecular weight is 336 g/mol. The van der Waals surface area contributed by atoms with E-state index in [1.807, 2.05) is 31.2 Å². The molecule has 4 nitrogen and oxygen atoms in total. The fourth-order valence-corrected chi connectivity index (χ4v) is 4.09. The van der Waals surface area contributed by atoms with E-state index in [2.05, 4.69) is 0 Å². The van der Waals surface area contributed by atoms with E-state index in [0.717, 1.165) is 9.13 Å². The van der Waals surface area contributed by atoms with E-state index in [0.29, 0.717) is 0 Å². The van der Waals surface area contributed by atoms with Gasteiger partial charge in [-0.15, -0.1) is 0 Å². The monoisotopic (exact) mass is 336 g/mol. The van der Waals surface area contributed by atoms with Gasteiger partial charge >= 0.3 is 102 Å². The van der Waals surface area contributed by atoms with Crippen molar-refractivity contribution in [3.05, 3.63) is 33.4 Å². The molecule has 0 saturated heterocycles. The Morgan fingerprint density at radius 1 is 1.06 bits per heavy atom. The molecule has 0 heterocycles. The first-order chi connectivity index (χ1) is 7.50. The van der Waals surface area contributed by atoms with Gasteiger partial charge in [-0.25, -0.2) is 0 Å². The fraction of sp³-hybridized carbons (Fsp3) is 0.273. The van der Waals surface area contributed by atoms with Crippen LogP contribution in [-0.2, 0) is 15.7 Å². The normalized spacial score (nSPS) is 10.6. The van der Waals surface area contributed by atoms with E-state index in [4.69, 9.17) is 6.13 Å². The third-order valence-corrected chi connectivity index (χ3v) is 5.80. The summed E-state index contributed by atoms with van der Waals surface area (Å²) in [4.78, 5) is 21.9. The molecule has 0 saturated carbocycles. The second-order valence-electron chi connectivity index (χ2n) is 3.10. The summed E-state index contributed by atoms with van der Waals surface area (Å²) < 4.78 is 11.0. The number of carbonyl (C=O) groups is 2. The third kappa shape index (κ3) is 3.80. The predicted octanol–water partition coefficient (Wildman–Crippen LogP) is 2.63. The van der Waals surface area contributed by atoms with Gasteiger partial charge in [-0.1, -0.05) is 0 Å². The van der Waals surface area contributed by atoms with Gasteiger partial charge in [0, 0.05) is 0 Å². The number of benzene rings is 1. The van der Waals surface area contributed by atoms with Crippen LogP contribution in [0.4, 0.5) is 0 Å². The number of aryl methyl sites for hydroxylation is 1. The van der Waals surface area contributed by atoms with Crippen LogP contribution >= 0.6 is 20.6 Å². The Kier molecular flexibility index (Phi) is 4.72. The predicted molar refractivity (Wildman–Crippen MR) is 67.4 cm³/mol. The van der Waals surface area contributed by atoms with Crippen LogP contribution in [0.3, 0.4) is 0 Å². The molecule has 0 bridgehead atoms. The van der Waals surface area contributed by atoms with Gasteiger partial charge in [-0.05, 0) is 0 Å². The van der Waals surface area contributed by atoms with E-state index in [1.54, 1.807) is 0 Å². The zero-order valence-electron chi connectivity index (χ0n) is 9.32. The van der Waals surface area contributed by atoms with Crippen molar-refractivity contribution in [3.8, 4) is 0 Å². The zero-order valence-corrected chi connectivity index (χ0v) is 11.5. The van der Waals surface area contributed by atoms with Gasteiger partial charge in [-0.2, -0.15) is 0 Å². The van der Waals surface area contributed by atoms with Crippen LogP contribution < -0.4 is 0 Å². The molecule has 1 rings (SSSR count). The standard InChI is InChI=1S/C11H13IO4/c1-8-6-4-5-7-11(8)12(15-9(2)13)16-10(3)14/h4-7H,1-3H3. The van der Waals surface area contributed by atoms with Gasteiger partial charge in [0.1, 0.15) is 0 Å². The first kappa shape index (κ1) is 13.0. The summed E-state index contributed by atoms with van der Waals surface area (Å²) in [6.07, 6.45) is 0. The summed E-state index contributed by atoms with van der Waals surface area (Å²) in [7, 11) is 0. The minimum atomic E-state index is -2.64. The molecule has 0 aliphatic heterocycles. The molecule has 1 aromatic rings. The number of hydrogen-bond donors (Lipinski definition) is 0. The van der Waals surface area contributed by atoms with Gasteiger partial charge < -0.3 is 0 Å². The van der Waals surface area contributed by atoms with Crippen LogP contribution in [0.1, 0.15) is 19.4 Å². The van der Waals surface area contributed by atoms with Crippen LogP contribution in [-0.4, -0.2) is 11.9 Å². The molecular weight excluding hydrogens is 323 g/mol. The van der Waals surface area contributed by atoms with Gasteiger partial charge in [0.05, 0.1) is 0 Å². The number of halogens is 1. The third-order valence-electron chi connectivity index (χ3n) is 1.60. The molecular formula is C11H13IO4. The molecule has 0 atom stereocenters. The van der Waals surface area contributed by atoms with Gasteiger partial charge in [0.15, 0.2) is 0 Å². The molecule has 0 aliphatic carbocycles. The average Bonchev–Trinajstić information content (AvgIpc) is 2.15. The Labute approximate surface area is 102 Å². The fourth-order valence-electron chi connectivity index (χ4n) is 1.02. The molecule has 88 valence electrons. The van der Waals surface area contributed by atoms with Gasteiger partial charge in [0.2, 0.25) is 0 Å². The quantitative estimate of drug-likeness (QED) is 0.797. The summed E-state index contributed by atoms with van der Waals surface area (Å²) in [5, 5.41) is 0. The second kappa shape index (κ2) is 5.83. The molecule has 0 unspecified atom stereocenters. The maximum atomic E-state index is 10.9. The van der Waals surface area contributed by atoms with Crippen molar-refractivity contribution < 1.29 is 15.7 Å². The van der Waals surface area contributed by atoms with Crippen LogP contribution in [0, 0.1) is 10.5 Å². The van der Waals surface area contributed by atoms with Crippen molar-refractivity contribution in [1.29, 1.82) is 0 Å². The Hall–Kier alpha value is -1.11. The first-order valence-corrected chi connectivity index (χ1v) is 7.48. The first-order valence-electron chi connectivity index (χ1n) is 4.64. The molecule has 0 spiro atoms. The Bertz CT molecular complexity index is 387. The zero-order chi connectivity index (χ0) is 12.1. The van der Waals surface area contributed by atoms with E-state index in [9.17, 15) is 9.59 Å². The van der Waals surface area contributed by atoms with Crippen molar-refractivity contribution in [1.82, 2.24) is 0 Å². The van der Waals surface area contributed by atoms with E-state index < -0.39 is 32.6 Å². The Morgan fingerprint density at radius 2 is 1.56 bits per heavy atom. The SMILES string of the molecule is CC(=O)OI(OC(C)=O)c1ccccc1C. The van der Waals surface area contributed by atoms with Crippen LogP contribution in [0.2, 0.25) is 0 Å². The van der Waals surface area contributed by atoms with Crippen molar-refractivity contribution in [3.63, 3.8) is 0 Å². The number of hydrogen-bond acceptors (Lipinski definition) is 4. The summed E-state index contributed by atoms with van der Waals surface area (Å²) in [5.74, 6) is -0.843. The van der Waals surface area contributed by atoms with Gasteiger partial charge in [0.25, 0.3) is 0 Å². The minimum absolute atomic E-state index is 0.422. The molecule has 5 heteroatoms. The summed E-state index contributed by atoms with van der Waals surface area (Å²) in [6, 6.07) is 7.44. The Morgan fingerprint density at radius 3 is 2.00 bits per heavy atom. The summed E-state index contributed by atoms with van der Waals surface area (Å²) >= 11 is -2.64. The second-order valence-corrected chi connectivity index (χ2v) is 6.39. The van der Waals surface area contributed by atoms with Crippen molar-refractivity contribution in [2.75, 3.05) is 0 Å². The number of rotatable bonds is 3. The van der Waals surface area contributed by atoms with Crippen molar-refractivity contribution in [2.24, 2.45) is 0 Å². The molecule has 0 aromatic heterocycles. The van der Waals surface area contributed by atoms with E-state index >= 15 is 0 Å². The van der Waals surface area contributed by atoms with Crippen LogP contribution in [0.5, 0.6) is 0 Å². The summed E-state index contributed by atoms with van der Waals surface area (Å²) in [5.41, 5.74) is 0.968. The van der Waals surface area contributed by atoms with E-state index in [-0.39, 0.29) is 0 Å². The van der Waals surface area contributed by atoms with Crippen molar-refractivity contribution in [2.45, 2.75) is 20.8 Å². The number of carbonyl (C=O) groups excluding carboxylic acids is 2. The molecule has 0 aliphatic rings. The molecule has 0 radical (unpaired) electrons. The summed E-state index contributed by atoms with van der Waals surface area (Å²) in [6.45, 7) is 4.52. The van der Waals surface area contributed by atoms with Crippen molar-refractivity contribution >= 4 is 32.6 Å². The van der Waals surface area contributed by atoms with E-state index in [1.165, 1.54) is 13.8 Å². The van der Waals surface area contributed by atoms with Crippen LogP contribution in [0.25, 0.3) is 0 Å². The molecule has 0 N–H and O–H groups in total. The Balaban J connectivity index is 2.96. The molecule has 0 amide bonds. The topological polar surface area (TPSA) is 52.6 Å².